The number of hydrogen-bond acceptors (Lipinski definition) is 6. The van der Waals surface area contributed by atoms with Crippen LogP contribution in [0.4, 0.5) is 14.5 Å². The zero-order valence-corrected chi connectivity index (χ0v) is 18.4. The summed E-state index contributed by atoms with van der Waals surface area (Å²) in [5.41, 5.74) is 7.35. The van der Waals surface area contributed by atoms with Gasteiger partial charge in [0.05, 0.1) is 23.8 Å². The third kappa shape index (κ3) is 5.10. The van der Waals surface area contributed by atoms with Gasteiger partial charge in [-0.15, -0.1) is 0 Å². The molecule has 0 saturated carbocycles. The average molecular weight is 456 g/mol. The number of nitrogens with zero attached hydrogens (tertiary/aromatic N) is 4. The molecule has 0 bridgehead atoms. The summed E-state index contributed by atoms with van der Waals surface area (Å²) in [7, 11) is 0. The van der Waals surface area contributed by atoms with Crippen LogP contribution in [-0.4, -0.2) is 50.3 Å². The minimum Gasteiger partial charge on any atom is -0.431 e. The second-order valence-electron chi connectivity index (χ2n) is 8.22. The number of hydrogen-bond donors (Lipinski definition) is 2. The minimum atomic E-state index is -3.35. The monoisotopic (exact) mass is 456 g/mol. The Bertz CT molecular complexity index is 1120. The van der Waals surface area contributed by atoms with E-state index in [1.165, 1.54) is 35.3 Å². The van der Waals surface area contributed by atoms with Gasteiger partial charge in [0.1, 0.15) is 17.3 Å². The highest BCUT2D eigenvalue weighted by molar-refractivity contribution is 6.13. The summed E-state index contributed by atoms with van der Waals surface area (Å²) in [4.78, 5) is 23.2. The molecular formula is C23H26F2N6O2. The van der Waals surface area contributed by atoms with Crippen molar-refractivity contribution in [3.05, 3.63) is 59.1 Å². The van der Waals surface area contributed by atoms with Gasteiger partial charge in [-0.05, 0) is 25.0 Å². The number of rotatable bonds is 5. The number of amides is 1. The Morgan fingerprint density at radius 3 is 2.58 bits per heavy atom. The Hall–Kier alpha value is -3.56. The number of aromatic nitrogens is 3. The van der Waals surface area contributed by atoms with Crippen molar-refractivity contribution in [1.29, 1.82) is 5.41 Å². The van der Waals surface area contributed by atoms with Crippen molar-refractivity contribution in [2.45, 2.75) is 45.1 Å². The molecule has 2 aromatic rings. The molecule has 1 amide bonds. The molecule has 0 radical (unpaired) electrons. The van der Waals surface area contributed by atoms with Crippen molar-refractivity contribution in [1.82, 2.24) is 19.4 Å². The molecule has 2 aliphatic rings. The molecule has 3 N–H and O–H groups in total. The lowest BCUT2D eigenvalue weighted by atomic mass is 10.1. The lowest BCUT2D eigenvalue weighted by molar-refractivity contribution is -0.194. The SMILES string of the molecule is CC(F)(F)OC1=Cn2c(C(=N)c3cnc(C(=O)N4CCCCCC4)cc3N)cnc2CC=C1. The molecule has 1 saturated heterocycles. The molecule has 0 aromatic carbocycles. The number of carbonyl (C=O) groups is 1. The lowest BCUT2D eigenvalue weighted by Crippen LogP contribution is -2.32. The van der Waals surface area contributed by atoms with Gasteiger partial charge < -0.3 is 15.4 Å². The molecule has 2 aliphatic heterocycles. The topological polar surface area (TPSA) is 110 Å². The van der Waals surface area contributed by atoms with Crippen LogP contribution in [0.25, 0.3) is 6.20 Å². The number of halogens is 2. The third-order valence-electron chi connectivity index (χ3n) is 5.58. The first-order chi connectivity index (χ1) is 15.7. The van der Waals surface area contributed by atoms with E-state index in [1.54, 1.807) is 11.0 Å². The predicted octanol–water partition coefficient (Wildman–Crippen LogP) is 3.83. The van der Waals surface area contributed by atoms with Crippen LogP contribution in [0.1, 0.15) is 60.2 Å². The summed E-state index contributed by atoms with van der Waals surface area (Å²) < 4.78 is 32.9. The number of nitrogens with two attached hydrogens (primary N) is 1. The maximum Gasteiger partial charge on any atom is 0.394 e. The summed E-state index contributed by atoms with van der Waals surface area (Å²) in [5.74, 6) is 0.331. The van der Waals surface area contributed by atoms with Gasteiger partial charge in [-0.1, -0.05) is 18.9 Å². The van der Waals surface area contributed by atoms with Crippen molar-refractivity contribution in [2.75, 3.05) is 18.8 Å². The molecule has 174 valence electrons. The number of pyridine rings is 1. The fourth-order valence-electron chi connectivity index (χ4n) is 3.97. The molecule has 0 atom stereocenters. The van der Waals surface area contributed by atoms with E-state index in [0.29, 0.717) is 43.5 Å². The largest absolute Gasteiger partial charge is 0.431 e. The van der Waals surface area contributed by atoms with Crippen LogP contribution in [0.5, 0.6) is 0 Å². The van der Waals surface area contributed by atoms with E-state index in [0.717, 1.165) is 25.7 Å². The van der Waals surface area contributed by atoms with Gasteiger partial charge in [0.25, 0.3) is 5.91 Å². The van der Waals surface area contributed by atoms with Crippen LogP contribution < -0.4 is 5.73 Å². The second kappa shape index (κ2) is 9.13. The Morgan fingerprint density at radius 2 is 1.91 bits per heavy atom. The summed E-state index contributed by atoms with van der Waals surface area (Å²) in [6, 6.07) is 1.49. The second-order valence-corrected chi connectivity index (χ2v) is 8.22. The van der Waals surface area contributed by atoms with E-state index in [1.807, 2.05) is 0 Å². The van der Waals surface area contributed by atoms with Crippen LogP contribution in [0.15, 0.2) is 36.4 Å². The van der Waals surface area contributed by atoms with Crippen LogP contribution in [0, 0.1) is 5.41 Å². The molecule has 4 heterocycles. The number of likely N-dealkylation sites (tertiary alicyclic amines) is 1. The van der Waals surface area contributed by atoms with Crippen LogP contribution in [0.2, 0.25) is 0 Å². The summed E-state index contributed by atoms with van der Waals surface area (Å²) in [6.45, 7) is 2.05. The molecule has 10 heteroatoms. The predicted molar refractivity (Wildman–Crippen MR) is 120 cm³/mol. The fraction of sp³-hybridized carbons (Fsp3) is 0.391. The number of anilines is 1. The van der Waals surface area contributed by atoms with E-state index in [-0.39, 0.29) is 28.8 Å². The first-order valence-electron chi connectivity index (χ1n) is 10.9. The van der Waals surface area contributed by atoms with Gasteiger partial charge >= 0.3 is 6.11 Å². The van der Waals surface area contributed by atoms with Gasteiger partial charge in [-0.25, -0.2) is 4.98 Å². The van der Waals surface area contributed by atoms with Crippen molar-refractivity contribution in [2.24, 2.45) is 0 Å². The number of carbonyl (C=O) groups excluding carboxylic acids is 1. The molecule has 0 unspecified atom stereocenters. The summed E-state index contributed by atoms with van der Waals surface area (Å²) in [6.07, 6.45) is 8.53. The molecule has 2 aromatic heterocycles. The Labute approximate surface area is 190 Å². The summed E-state index contributed by atoms with van der Waals surface area (Å²) >= 11 is 0. The molecule has 4 rings (SSSR count). The van der Waals surface area contributed by atoms with E-state index in [4.69, 9.17) is 15.9 Å². The molecule has 0 spiro atoms. The number of nitrogens with one attached hydrogen (secondary N) is 1. The Balaban J connectivity index is 1.60. The third-order valence-corrected chi connectivity index (χ3v) is 5.58. The van der Waals surface area contributed by atoms with E-state index >= 15 is 0 Å². The smallest absolute Gasteiger partial charge is 0.394 e. The Morgan fingerprint density at radius 1 is 1.18 bits per heavy atom. The number of allylic oxidation sites excluding steroid dienone is 2. The zero-order valence-electron chi connectivity index (χ0n) is 18.4. The normalized spacial score (nSPS) is 16.5. The molecule has 0 aliphatic carbocycles. The zero-order chi connectivity index (χ0) is 23.6. The molecule has 1 fully saturated rings. The Kier molecular flexibility index (Phi) is 6.26. The van der Waals surface area contributed by atoms with E-state index < -0.39 is 6.11 Å². The first-order valence-corrected chi connectivity index (χ1v) is 10.9. The van der Waals surface area contributed by atoms with Gasteiger partial charge in [-0.3, -0.25) is 19.8 Å². The maximum atomic E-state index is 13.4. The van der Waals surface area contributed by atoms with Crippen LogP contribution in [0.3, 0.4) is 0 Å². The maximum absolute atomic E-state index is 13.4. The van der Waals surface area contributed by atoms with Crippen molar-refractivity contribution < 1.29 is 18.3 Å². The standard InChI is InChI=1S/C23H26F2N6O2/c1-23(24,25)33-15-7-6-8-20-29-13-19(31(20)14-15)21(27)16-12-28-18(11-17(16)26)22(32)30-9-4-2-3-5-10-30/h6-7,11-14,27H,2-5,8-10H2,1H3,(H2,26,28). The number of fused-ring (bicyclic) bond motifs is 1. The minimum absolute atomic E-state index is 0.00767. The number of ether oxygens (including phenoxy) is 1. The van der Waals surface area contributed by atoms with Gasteiger partial charge in [-0.2, -0.15) is 8.78 Å². The number of nitrogen functional groups attached to an aromatic ring is 1. The lowest BCUT2D eigenvalue weighted by Gasteiger charge is -2.20. The average Bonchev–Trinajstić information content (AvgIpc) is 2.93. The van der Waals surface area contributed by atoms with Crippen molar-refractivity contribution in [3.63, 3.8) is 0 Å². The highest BCUT2D eigenvalue weighted by atomic mass is 19.3. The van der Waals surface area contributed by atoms with Crippen molar-refractivity contribution in [3.8, 4) is 0 Å². The molecular weight excluding hydrogens is 430 g/mol. The van der Waals surface area contributed by atoms with E-state index in [9.17, 15) is 13.6 Å². The molecule has 8 nitrogen and oxygen atoms in total. The van der Waals surface area contributed by atoms with E-state index in [2.05, 4.69) is 9.97 Å². The highest BCUT2D eigenvalue weighted by Crippen LogP contribution is 2.25. The van der Waals surface area contributed by atoms with Gasteiger partial charge in [0, 0.05) is 43.9 Å². The first kappa shape index (κ1) is 22.6. The van der Waals surface area contributed by atoms with Gasteiger partial charge in [0.15, 0.2) is 0 Å². The van der Waals surface area contributed by atoms with Crippen LogP contribution in [-0.2, 0) is 11.2 Å². The van der Waals surface area contributed by atoms with Crippen molar-refractivity contribution >= 4 is 23.5 Å². The summed E-state index contributed by atoms with van der Waals surface area (Å²) in [5, 5.41) is 8.67. The number of alkyl halides is 2. The number of imidazole rings is 1. The van der Waals surface area contributed by atoms with Gasteiger partial charge in [0.2, 0.25) is 0 Å². The van der Waals surface area contributed by atoms with Crippen LogP contribution >= 0.6 is 0 Å². The fourth-order valence-corrected chi connectivity index (χ4v) is 3.97. The quantitative estimate of drug-likeness (QED) is 0.665. The highest BCUT2D eigenvalue weighted by Gasteiger charge is 2.26. The molecule has 33 heavy (non-hydrogen) atoms.